The molecular formula is C18H25NO. The Hall–Kier alpha value is -0.860. The number of ether oxygens (including phenoxy) is 1. The maximum absolute atomic E-state index is 5.64. The molecule has 1 aromatic carbocycles. The summed E-state index contributed by atoms with van der Waals surface area (Å²) in [5.41, 5.74) is 2.05. The van der Waals surface area contributed by atoms with Gasteiger partial charge in [0, 0.05) is 25.8 Å². The van der Waals surface area contributed by atoms with E-state index in [4.69, 9.17) is 4.74 Å². The van der Waals surface area contributed by atoms with Crippen LogP contribution in [0.15, 0.2) is 30.3 Å². The van der Waals surface area contributed by atoms with Crippen molar-refractivity contribution < 1.29 is 4.74 Å². The van der Waals surface area contributed by atoms with Gasteiger partial charge in [-0.2, -0.15) is 0 Å². The Morgan fingerprint density at radius 2 is 1.85 bits per heavy atom. The predicted molar refractivity (Wildman–Crippen MR) is 80.8 cm³/mol. The van der Waals surface area contributed by atoms with Crippen molar-refractivity contribution in [2.24, 2.45) is 11.3 Å². The van der Waals surface area contributed by atoms with Crippen LogP contribution in [-0.2, 0) is 4.74 Å². The first kappa shape index (κ1) is 12.8. The van der Waals surface area contributed by atoms with Gasteiger partial charge in [0.05, 0.1) is 0 Å². The maximum atomic E-state index is 5.64. The molecule has 1 aliphatic heterocycles. The number of rotatable bonds is 5. The lowest BCUT2D eigenvalue weighted by Gasteiger charge is -2.38. The Balaban J connectivity index is 1.47. The van der Waals surface area contributed by atoms with Crippen LogP contribution >= 0.6 is 0 Å². The summed E-state index contributed by atoms with van der Waals surface area (Å²) in [6.07, 6.45) is 6.66. The third kappa shape index (κ3) is 2.51. The van der Waals surface area contributed by atoms with E-state index in [1.165, 1.54) is 38.6 Å². The lowest BCUT2D eigenvalue weighted by molar-refractivity contribution is 0.00172. The molecule has 2 aliphatic carbocycles. The van der Waals surface area contributed by atoms with Crippen LogP contribution in [0.5, 0.6) is 0 Å². The third-order valence-corrected chi connectivity index (χ3v) is 5.61. The third-order valence-electron chi connectivity index (χ3n) is 5.61. The minimum atomic E-state index is 0.501. The maximum Gasteiger partial charge on any atom is 0.0471 e. The summed E-state index contributed by atoms with van der Waals surface area (Å²) >= 11 is 0. The molecule has 2 saturated carbocycles. The first-order chi connectivity index (χ1) is 9.87. The van der Waals surface area contributed by atoms with Gasteiger partial charge in [0.1, 0.15) is 0 Å². The molecule has 20 heavy (non-hydrogen) atoms. The fraction of sp³-hybridized carbons (Fsp3) is 0.667. The number of benzene rings is 1. The van der Waals surface area contributed by atoms with E-state index in [0.29, 0.717) is 5.41 Å². The molecule has 1 saturated heterocycles. The lowest BCUT2D eigenvalue weighted by atomic mass is 9.74. The van der Waals surface area contributed by atoms with Crippen molar-refractivity contribution in [1.82, 2.24) is 5.32 Å². The Bertz CT molecular complexity index is 448. The van der Waals surface area contributed by atoms with Gasteiger partial charge >= 0.3 is 0 Å². The van der Waals surface area contributed by atoms with E-state index in [1.54, 1.807) is 5.56 Å². The zero-order valence-electron chi connectivity index (χ0n) is 12.2. The van der Waals surface area contributed by atoms with Crippen LogP contribution in [0.4, 0.5) is 0 Å². The SMILES string of the molecule is c1ccc(C2CC2C2(CNC3CC3)CCOCC2)cc1. The summed E-state index contributed by atoms with van der Waals surface area (Å²) in [6.45, 7) is 3.14. The van der Waals surface area contributed by atoms with E-state index in [-0.39, 0.29) is 0 Å². The summed E-state index contributed by atoms with van der Waals surface area (Å²) < 4.78 is 5.64. The van der Waals surface area contributed by atoms with Gasteiger partial charge in [0.25, 0.3) is 0 Å². The molecule has 0 aromatic heterocycles. The van der Waals surface area contributed by atoms with Gasteiger partial charge in [-0.15, -0.1) is 0 Å². The van der Waals surface area contributed by atoms with Crippen molar-refractivity contribution in [2.75, 3.05) is 19.8 Å². The number of hydrogen-bond donors (Lipinski definition) is 1. The molecule has 108 valence electrons. The molecule has 0 spiro atoms. The van der Waals surface area contributed by atoms with Crippen LogP contribution in [0.25, 0.3) is 0 Å². The zero-order valence-corrected chi connectivity index (χ0v) is 12.2. The summed E-state index contributed by atoms with van der Waals surface area (Å²) in [5, 5.41) is 3.80. The molecule has 3 aliphatic rings. The molecule has 1 heterocycles. The van der Waals surface area contributed by atoms with Crippen molar-refractivity contribution in [1.29, 1.82) is 0 Å². The first-order valence-electron chi connectivity index (χ1n) is 8.23. The van der Waals surface area contributed by atoms with E-state index in [0.717, 1.165) is 31.1 Å². The minimum Gasteiger partial charge on any atom is -0.381 e. The van der Waals surface area contributed by atoms with Crippen LogP contribution in [0, 0.1) is 11.3 Å². The Morgan fingerprint density at radius 1 is 1.10 bits per heavy atom. The normalized spacial score (nSPS) is 32.0. The monoisotopic (exact) mass is 271 g/mol. The Kier molecular flexibility index (Phi) is 3.31. The van der Waals surface area contributed by atoms with Crippen LogP contribution in [-0.4, -0.2) is 25.8 Å². The average Bonchev–Trinajstić information content (AvgIpc) is 3.41. The van der Waals surface area contributed by atoms with Crippen molar-refractivity contribution in [3.05, 3.63) is 35.9 Å². The van der Waals surface area contributed by atoms with Gasteiger partial charge in [-0.25, -0.2) is 0 Å². The molecule has 0 bridgehead atoms. The zero-order chi connectivity index (χ0) is 13.4. The summed E-state index contributed by atoms with van der Waals surface area (Å²) in [4.78, 5) is 0. The minimum absolute atomic E-state index is 0.501. The molecule has 0 radical (unpaired) electrons. The topological polar surface area (TPSA) is 21.3 Å². The Labute approximate surface area is 121 Å². The van der Waals surface area contributed by atoms with E-state index in [1.807, 2.05) is 0 Å². The molecule has 2 heteroatoms. The highest BCUT2D eigenvalue weighted by Gasteiger charge is 2.53. The van der Waals surface area contributed by atoms with Gasteiger partial charge in [0.15, 0.2) is 0 Å². The molecule has 1 N–H and O–H groups in total. The molecular weight excluding hydrogens is 246 g/mol. The fourth-order valence-electron chi connectivity index (χ4n) is 4.03. The van der Waals surface area contributed by atoms with Gasteiger partial charge in [-0.3, -0.25) is 0 Å². The molecule has 2 nitrogen and oxygen atoms in total. The highest BCUT2D eigenvalue weighted by Crippen LogP contribution is 2.60. The van der Waals surface area contributed by atoms with Crippen molar-refractivity contribution in [2.45, 2.75) is 44.1 Å². The highest BCUT2D eigenvalue weighted by molar-refractivity contribution is 5.27. The molecule has 1 aromatic rings. The van der Waals surface area contributed by atoms with E-state index < -0.39 is 0 Å². The summed E-state index contributed by atoms with van der Waals surface area (Å²) in [7, 11) is 0. The van der Waals surface area contributed by atoms with Gasteiger partial charge in [-0.05, 0) is 54.9 Å². The highest BCUT2D eigenvalue weighted by atomic mass is 16.5. The standard InChI is InChI=1S/C18H25NO/c1-2-4-14(5-3-1)16-12-17(16)18(8-10-20-11-9-18)13-19-15-6-7-15/h1-5,15-17,19H,6-13H2. The summed E-state index contributed by atoms with van der Waals surface area (Å²) in [5.74, 6) is 1.68. The quantitative estimate of drug-likeness (QED) is 0.887. The fourth-order valence-corrected chi connectivity index (χ4v) is 4.03. The van der Waals surface area contributed by atoms with Crippen molar-refractivity contribution in [3.8, 4) is 0 Å². The van der Waals surface area contributed by atoms with Crippen LogP contribution in [0.1, 0.15) is 43.6 Å². The van der Waals surface area contributed by atoms with Crippen LogP contribution in [0.2, 0.25) is 0 Å². The van der Waals surface area contributed by atoms with E-state index in [2.05, 4.69) is 35.6 Å². The summed E-state index contributed by atoms with van der Waals surface area (Å²) in [6, 6.07) is 11.9. The first-order valence-corrected chi connectivity index (χ1v) is 8.23. The van der Waals surface area contributed by atoms with Crippen molar-refractivity contribution >= 4 is 0 Å². The molecule has 2 unspecified atom stereocenters. The molecule has 0 amide bonds. The second-order valence-corrected chi connectivity index (χ2v) is 6.99. The lowest BCUT2D eigenvalue weighted by Crippen LogP contribution is -2.42. The van der Waals surface area contributed by atoms with Crippen LogP contribution in [0.3, 0.4) is 0 Å². The molecule has 3 fully saturated rings. The number of nitrogens with one attached hydrogen (secondary N) is 1. The largest absolute Gasteiger partial charge is 0.381 e. The smallest absolute Gasteiger partial charge is 0.0471 e. The van der Waals surface area contributed by atoms with Gasteiger partial charge in [-0.1, -0.05) is 30.3 Å². The van der Waals surface area contributed by atoms with E-state index in [9.17, 15) is 0 Å². The molecule has 4 rings (SSSR count). The van der Waals surface area contributed by atoms with Crippen LogP contribution < -0.4 is 5.32 Å². The van der Waals surface area contributed by atoms with Gasteiger partial charge < -0.3 is 10.1 Å². The second-order valence-electron chi connectivity index (χ2n) is 6.99. The van der Waals surface area contributed by atoms with Crippen molar-refractivity contribution in [3.63, 3.8) is 0 Å². The van der Waals surface area contributed by atoms with E-state index >= 15 is 0 Å². The average molecular weight is 271 g/mol. The van der Waals surface area contributed by atoms with Gasteiger partial charge in [0.2, 0.25) is 0 Å². The molecule has 2 atom stereocenters. The second kappa shape index (κ2) is 5.16. The Morgan fingerprint density at radius 3 is 2.55 bits per heavy atom. The predicted octanol–water partition coefficient (Wildman–Crippen LogP) is 3.34. The number of hydrogen-bond acceptors (Lipinski definition) is 2.